The van der Waals surface area contributed by atoms with E-state index in [1.54, 1.807) is 19.2 Å². The molecule has 2 aromatic carbocycles. The maximum Gasteiger partial charge on any atom is 0.322 e. The molecule has 1 N–H and O–H groups in total. The van der Waals surface area contributed by atoms with E-state index in [-0.39, 0.29) is 6.03 Å². The molecule has 1 fully saturated rings. The molecule has 23 heavy (non-hydrogen) atoms. The van der Waals surface area contributed by atoms with Gasteiger partial charge in [0.2, 0.25) is 0 Å². The number of nitrogens with zero attached hydrogens (tertiary/aromatic N) is 1. The number of carbonyl (C=O) groups is 1. The van der Waals surface area contributed by atoms with Crippen LogP contribution in [0.3, 0.4) is 0 Å². The van der Waals surface area contributed by atoms with E-state index in [1.165, 1.54) is 0 Å². The first-order valence-electron chi connectivity index (χ1n) is 7.62. The number of carbonyl (C=O) groups excluding carboxylic acids is 1. The number of rotatable bonds is 5. The molecular formula is C18H19ClN2O2. The highest BCUT2D eigenvalue weighted by molar-refractivity contribution is 6.30. The molecule has 0 bridgehead atoms. The molecule has 0 aliphatic heterocycles. The van der Waals surface area contributed by atoms with E-state index in [0.29, 0.717) is 23.3 Å². The van der Waals surface area contributed by atoms with Crippen LogP contribution >= 0.6 is 11.6 Å². The molecule has 2 aromatic rings. The lowest BCUT2D eigenvalue weighted by Crippen LogP contribution is -2.36. The van der Waals surface area contributed by atoms with Gasteiger partial charge in [-0.2, -0.15) is 0 Å². The smallest absolute Gasteiger partial charge is 0.322 e. The van der Waals surface area contributed by atoms with Gasteiger partial charge in [-0.3, -0.25) is 0 Å². The fourth-order valence-corrected chi connectivity index (χ4v) is 2.72. The van der Waals surface area contributed by atoms with Crippen LogP contribution in [-0.4, -0.2) is 24.1 Å². The SMILES string of the molecule is COc1ccccc1CN(C(=O)Nc1cccc(Cl)c1)C1CC1. The molecule has 120 valence electrons. The molecule has 0 unspecified atom stereocenters. The van der Waals surface area contributed by atoms with Gasteiger partial charge in [0.1, 0.15) is 5.75 Å². The second-order valence-electron chi connectivity index (χ2n) is 5.61. The minimum atomic E-state index is -0.110. The van der Waals surface area contributed by atoms with E-state index in [0.717, 1.165) is 24.2 Å². The van der Waals surface area contributed by atoms with E-state index in [2.05, 4.69) is 5.32 Å². The monoisotopic (exact) mass is 330 g/mol. The van der Waals surface area contributed by atoms with Crippen molar-refractivity contribution in [2.24, 2.45) is 0 Å². The predicted molar refractivity (Wildman–Crippen MR) is 92.0 cm³/mol. The Hall–Kier alpha value is -2.20. The fourth-order valence-electron chi connectivity index (χ4n) is 2.53. The van der Waals surface area contributed by atoms with Crippen LogP contribution in [-0.2, 0) is 6.54 Å². The molecule has 3 rings (SSSR count). The lowest BCUT2D eigenvalue weighted by molar-refractivity contribution is 0.205. The van der Waals surface area contributed by atoms with E-state index < -0.39 is 0 Å². The van der Waals surface area contributed by atoms with Gasteiger partial charge in [-0.05, 0) is 37.1 Å². The quantitative estimate of drug-likeness (QED) is 0.874. The van der Waals surface area contributed by atoms with E-state index in [4.69, 9.17) is 16.3 Å². The molecule has 0 spiro atoms. The van der Waals surface area contributed by atoms with Crippen LogP contribution in [0, 0.1) is 0 Å². The van der Waals surface area contributed by atoms with E-state index in [1.807, 2.05) is 41.3 Å². The van der Waals surface area contributed by atoms with Crippen LogP contribution in [0.5, 0.6) is 5.75 Å². The summed E-state index contributed by atoms with van der Waals surface area (Å²) in [7, 11) is 1.65. The van der Waals surface area contributed by atoms with Crippen LogP contribution in [0.2, 0.25) is 5.02 Å². The number of ether oxygens (including phenoxy) is 1. The summed E-state index contributed by atoms with van der Waals surface area (Å²) in [6.45, 7) is 0.529. The highest BCUT2D eigenvalue weighted by Crippen LogP contribution is 2.31. The summed E-state index contributed by atoms with van der Waals surface area (Å²) in [5.41, 5.74) is 1.70. The number of methoxy groups -OCH3 is 1. The Morgan fingerprint density at radius 3 is 2.74 bits per heavy atom. The first kappa shape index (κ1) is 15.7. The number of para-hydroxylation sites is 1. The number of hydrogen-bond donors (Lipinski definition) is 1. The number of nitrogens with one attached hydrogen (secondary N) is 1. The molecule has 1 aliphatic rings. The summed E-state index contributed by atoms with van der Waals surface area (Å²) in [4.78, 5) is 14.5. The Labute approximate surface area is 141 Å². The van der Waals surface area contributed by atoms with E-state index in [9.17, 15) is 4.79 Å². The van der Waals surface area contributed by atoms with Crippen molar-refractivity contribution >= 4 is 23.3 Å². The van der Waals surface area contributed by atoms with Crippen molar-refractivity contribution in [3.8, 4) is 5.75 Å². The molecule has 5 heteroatoms. The molecule has 0 radical (unpaired) electrons. The number of hydrogen-bond acceptors (Lipinski definition) is 2. The van der Waals surface area contributed by atoms with Gasteiger partial charge in [0.15, 0.2) is 0 Å². The Morgan fingerprint density at radius 2 is 2.04 bits per heavy atom. The van der Waals surface area contributed by atoms with Gasteiger partial charge < -0.3 is 15.0 Å². The zero-order chi connectivity index (χ0) is 16.2. The van der Waals surface area contributed by atoms with Crippen molar-refractivity contribution in [3.63, 3.8) is 0 Å². The van der Waals surface area contributed by atoms with Gasteiger partial charge in [-0.15, -0.1) is 0 Å². The van der Waals surface area contributed by atoms with Crippen LogP contribution in [0.1, 0.15) is 18.4 Å². The van der Waals surface area contributed by atoms with Crippen LogP contribution in [0.15, 0.2) is 48.5 Å². The normalized spacial score (nSPS) is 13.5. The average molecular weight is 331 g/mol. The fraction of sp³-hybridized carbons (Fsp3) is 0.278. The predicted octanol–water partition coefficient (Wildman–Crippen LogP) is 4.55. The second kappa shape index (κ2) is 6.92. The maximum absolute atomic E-state index is 12.6. The molecule has 2 amide bonds. The van der Waals surface area contributed by atoms with Crippen LogP contribution in [0.4, 0.5) is 10.5 Å². The number of anilines is 1. The lowest BCUT2D eigenvalue weighted by Gasteiger charge is -2.24. The van der Waals surface area contributed by atoms with Gasteiger partial charge in [-0.25, -0.2) is 4.79 Å². The summed E-state index contributed by atoms with van der Waals surface area (Å²) in [5, 5.41) is 3.53. The summed E-state index contributed by atoms with van der Waals surface area (Å²) < 4.78 is 5.38. The van der Waals surface area contributed by atoms with Crippen LogP contribution < -0.4 is 10.1 Å². The number of benzene rings is 2. The molecule has 1 saturated carbocycles. The highest BCUT2D eigenvalue weighted by atomic mass is 35.5. The molecule has 4 nitrogen and oxygen atoms in total. The molecule has 0 atom stereocenters. The van der Waals surface area contributed by atoms with Crippen molar-refractivity contribution < 1.29 is 9.53 Å². The Balaban J connectivity index is 1.75. The first-order valence-corrected chi connectivity index (χ1v) is 8.00. The van der Waals surface area contributed by atoms with Gasteiger partial charge in [-0.1, -0.05) is 35.9 Å². The van der Waals surface area contributed by atoms with Crippen molar-refractivity contribution in [2.45, 2.75) is 25.4 Å². The second-order valence-corrected chi connectivity index (χ2v) is 6.05. The molecule has 0 heterocycles. The zero-order valence-electron chi connectivity index (χ0n) is 13.0. The third-order valence-electron chi connectivity index (χ3n) is 3.86. The largest absolute Gasteiger partial charge is 0.496 e. The highest BCUT2D eigenvalue weighted by Gasteiger charge is 2.33. The molecule has 0 saturated heterocycles. The minimum absolute atomic E-state index is 0.110. The topological polar surface area (TPSA) is 41.6 Å². The number of halogens is 1. The first-order chi connectivity index (χ1) is 11.2. The van der Waals surface area contributed by atoms with Crippen molar-refractivity contribution in [2.75, 3.05) is 12.4 Å². The van der Waals surface area contributed by atoms with Crippen molar-refractivity contribution in [1.29, 1.82) is 0 Å². The molecule has 1 aliphatic carbocycles. The van der Waals surface area contributed by atoms with Gasteiger partial charge >= 0.3 is 6.03 Å². The van der Waals surface area contributed by atoms with Crippen molar-refractivity contribution in [1.82, 2.24) is 4.90 Å². The Morgan fingerprint density at radius 1 is 1.26 bits per heavy atom. The summed E-state index contributed by atoms with van der Waals surface area (Å²) in [6.07, 6.45) is 2.08. The lowest BCUT2D eigenvalue weighted by atomic mass is 10.2. The van der Waals surface area contributed by atoms with E-state index >= 15 is 0 Å². The Bertz CT molecular complexity index is 701. The van der Waals surface area contributed by atoms with Crippen LogP contribution in [0.25, 0.3) is 0 Å². The maximum atomic E-state index is 12.6. The summed E-state index contributed by atoms with van der Waals surface area (Å²) in [5.74, 6) is 0.800. The Kier molecular flexibility index (Phi) is 4.72. The van der Waals surface area contributed by atoms with Gasteiger partial charge in [0.05, 0.1) is 13.7 Å². The number of amides is 2. The van der Waals surface area contributed by atoms with Gasteiger partial charge in [0.25, 0.3) is 0 Å². The zero-order valence-corrected chi connectivity index (χ0v) is 13.7. The molecule has 0 aromatic heterocycles. The molecular weight excluding hydrogens is 312 g/mol. The average Bonchev–Trinajstić information content (AvgIpc) is 3.37. The standard InChI is InChI=1S/C18H19ClN2O2/c1-23-17-8-3-2-5-13(17)12-21(16-9-10-16)18(22)20-15-7-4-6-14(19)11-15/h2-8,11,16H,9-10,12H2,1H3,(H,20,22). The summed E-state index contributed by atoms with van der Waals surface area (Å²) >= 11 is 5.97. The number of urea groups is 1. The van der Waals surface area contributed by atoms with Gasteiger partial charge in [0, 0.05) is 22.3 Å². The van der Waals surface area contributed by atoms with Crippen molar-refractivity contribution in [3.05, 3.63) is 59.1 Å². The third kappa shape index (κ3) is 3.96. The minimum Gasteiger partial charge on any atom is -0.496 e. The summed E-state index contributed by atoms with van der Waals surface area (Å²) in [6, 6.07) is 15.1. The third-order valence-corrected chi connectivity index (χ3v) is 4.09.